The van der Waals surface area contributed by atoms with Gasteiger partial charge >= 0.3 is 0 Å². The van der Waals surface area contributed by atoms with E-state index in [1.807, 2.05) is 0 Å². The Kier molecular flexibility index (Phi) is 1.86. The van der Waals surface area contributed by atoms with Gasteiger partial charge < -0.3 is 10.4 Å². The Hall–Kier alpha value is -0.0800. The van der Waals surface area contributed by atoms with Crippen molar-refractivity contribution in [3.05, 3.63) is 0 Å². The van der Waals surface area contributed by atoms with Crippen molar-refractivity contribution in [1.29, 1.82) is 0 Å². The highest BCUT2D eigenvalue weighted by Gasteiger charge is 2.25. The molecule has 1 rings (SSSR count). The molecule has 0 bridgehead atoms. The molecule has 0 heterocycles. The van der Waals surface area contributed by atoms with E-state index in [2.05, 4.69) is 12.2 Å². The number of aliphatic hydroxyl groups is 1. The molecule has 0 unspecified atom stereocenters. The Morgan fingerprint density at radius 3 is 2.62 bits per heavy atom. The number of aliphatic hydroxyl groups excluding tert-OH is 1. The van der Waals surface area contributed by atoms with E-state index in [1.165, 1.54) is 0 Å². The fraction of sp³-hybridized carbons (Fsp3) is 1.00. The summed E-state index contributed by atoms with van der Waals surface area (Å²) in [6.45, 7) is 3.11. The van der Waals surface area contributed by atoms with Crippen LogP contribution in [-0.4, -0.2) is 23.8 Å². The van der Waals surface area contributed by atoms with Crippen LogP contribution in [0.4, 0.5) is 0 Å². The predicted molar refractivity (Wildman–Crippen MR) is 32.7 cm³/mol. The first-order chi connectivity index (χ1) is 3.83. The van der Waals surface area contributed by atoms with E-state index < -0.39 is 0 Å². The van der Waals surface area contributed by atoms with Crippen molar-refractivity contribution in [2.24, 2.45) is 0 Å². The van der Waals surface area contributed by atoms with Crippen molar-refractivity contribution in [3.8, 4) is 0 Å². The van der Waals surface area contributed by atoms with Gasteiger partial charge in [0.15, 0.2) is 0 Å². The minimum atomic E-state index is -0.0148. The van der Waals surface area contributed by atoms with Crippen LogP contribution < -0.4 is 5.32 Å². The monoisotopic (exact) mass is 115 g/mol. The molecule has 8 heavy (non-hydrogen) atoms. The first kappa shape index (κ1) is 6.05. The normalized spacial score (nSPS) is 36.8. The molecule has 0 aromatic carbocycles. The SMILES string of the molecule is CCNC1CC(O)C1. The molecular weight excluding hydrogens is 102 g/mol. The fourth-order valence-electron chi connectivity index (χ4n) is 1.04. The van der Waals surface area contributed by atoms with Crippen LogP contribution in [0, 0.1) is 0 Å². The van der Waals surface area contributed by atoms with E-state index in [0.717, 1.165) is 19.4 Å². The zero-order valence-electron chi connectivity index (χ0n) is 5.22. The van der Waals surface area contributed by atoms with E-state index in [9.17, 15) is 0 Å². The van der Waals surface area contributed by atoms with Crippen LogP contribution >= 0.6 is 0 Å². The van der Waals surface area contributed by atoms with Crippen molar-refractivity contribution in [1.82, 2.24) is 5.32 Å². The molecule has 2 N–H and O–H groups in total. The van der Waals surface area contributed by atoms with Gasteiger partial charge in [0.2, 0.25) is 0 Å². The number of rotatable bonds is 2. The van der Waals surface area contributed by atoms with Gasteiger partial charge in [0.1, 0.15) is 0 Å². The highest BCUT2D eigenvalue weighted by Crippen LogP contribution is 2.18. The molecule has 0 aromatic rings. The summed E-state index contributed by atoms with van der Waals surface area (Å²) in [6.07, 6.45) is 1.89. The van der Waals surface area contributed by atoms with Gasteiger partial charge in [-0.2, -0.15) is 0 Å². The van der Waals surface area contributed by atoms with Gasteiger partial charge in [0.05, 0.1) is 6.10 Å². The van der Waals surface area contributed by atoms with E-state index >= 15 is 0 Å². The fourth-order valence-corrected chi connectivity index (χ4v) is 1.04. The van der Waals surface area contributed by atoms with Crippen molar-refractivity contribution in [2.75, 3.05) is 6.54 Å². The summed E-state index contributed by atoms with van der Waals surface area (Å²) in [6, 6.07) is 0.606. The minimum Gasteiger partial charge on any atom is -0.393 e. The Balaban J connectivity index is 1.98. The van der Waals surface area contributed by atoms with Gasteiger partial charge in [0, 0.05) is 6.04 Å². The molecule has 0 amide bonds. The van der Waals surface area contributed by atoms with Crippen LogP contribution in [0.15, 0.2) is 0 Å². The van der Waals surface area contributed by atoms with Gasteiger partial charge in [-0.15, -0.1) is 0 Å². The van der Waals surface area contributed by atoms with Crippen LogP contribution in [0.2, 0.25) is 0 Å². The molecule has 0 saturated heterocycles. The lowest BCUT2D eigenvalue weighted by atomic mass is 9.90. The van der Waals surface area contributed by atoms with Crippen molar-refractivity contribution < 1.29 is 5.11 Å². The molecule has 0 aliphatic heterocycles. The van der Waals surface area contributed by atoms with Crippen LogP contribution in [-0.2, 0) is 0 Å². The van der Waals surface area contributed by atoms with E-state index in [4.69, 9.17) is 5.11 Å². The van der Waals surface area contributed by atoms with E-state index in [1.54, 1.807) is 0 Å². The summed E-state index contributed by atoms with van der Waals surface area (Å²) in [7, 11) is 0. The number of hydrogen-bond donors (Lipinski definition) is 2. The smallest absolute Gasteiger partial charge is 0.0570 e. The predicted octanol–water partition coefficient (Wildman–Crippen LogP) is 0.119. The summed E-state index contributed by atoms with van der Waals surface area (Å²) in [5, 5.41) is 12.1. The van der Waals surface area contributed by atoms with Gasteiger partial charge in [-0.25, -0.2) is 0 Å². The summed E-state index contributed by atoms with van der Waals surface area (Å²) in [5.41, 5.74) is 0. The summed E-state index contributed by atoms with van der Waals surface area (Å²) in [5.74, 6) is 0. The zero-order chi connectivity index (χ0) is 5.98. The maximum atomic E-state index is 8.80. The van der Waals surface area contributed by atoms with Crippen LogP contribution in [0.5, 0.6) is 0 Å². The largest absolute Gasteiger partial charge is 0.393 e. The molecule has 1 aliphatic rings. The average molecular weight is 115 g/mol. The quantitative estimate of drug-likeness (QED) is 0.535. The van der Waals surface area contributed by atoms with Gasteiger partial charge in [-0.05, 0) is 19.4 Å². The third-order valence-electron chi connectivity index (χ3n) is 1.61. The third kappa shape index (κ3) is 1.20. The minimum absolute atomic E-state index is 0.0148. The Morgan fingerprint density at radius 2 is 2.25 bits per heavy atom. The lowest BCUT2D eigenvalue weighted by Crippen LogP contribution is -2.43. The first-order valence-electron chi connectivity index (χ1n) is 3.24. The van der Waals surface area contributed by atoms with Crippen LogP contribution in [0.25, 0.3) is 0 Å². The summed E-state index contributed by atoms with van der Waals surface area (Å²) in [4.78, 5) is 0. The summed E-state index contributed by atoms with van der Waals surface area (Å²) >= 11 is 0. The molecule has 0 spiro atoms. The van der Waals surface area contributed by atoms with Crippen molar-refractivity contribution in [3.63, 3.8) is 0 Å². The second-order valence-corrected chi connectivity index (χ2v) is 2.38. The molecule has 2 heteroatoms. The Bertz CT molecular complexity index is 66.2. The van der Waals surface area contributed by atoms with Crippen molar-refractivity contribution in [2.45, 2.75) is 31.9 Å². The topological polar surface area (TPSA) is 32.3 Å². The molecule has 2 nitrogen and oxygen atoms in total. The van der Waals surface area contributed by atoms with Gasteiger partial charge in [0.25, 0.3) is 0 Å². The molecule has 0 radical (unpaired) electrons. The van der Waals surface area contributed by atoms with Crippen LogP contribution in [0.1, 0.15) is 19.8 Å². The second kappa shape index (κ2) is 2.46. The molecular formula is C6H13NO. The van der Waals surface area contributed by atoms with E-state index in [0.29, 0.717) is 6.04 Å². The lowest BCUT2D eigenvalue weighted by Gasteiger charge is -2.31. The highest BCUT2D eigenvalue weighted by atomic mass is 16.3. The lowest BCUT2D eigenvalue weighted by molar-refractivity contribution is 0.0634. The maximum Gasteiger partial charge on any atom is 0.0570 e. The first-order valence-corrected chi connectivity index (χ1v) is 3.24. The molecule has 0 aromatic heterocycles. The highest BCUT2D eigenvalue weighted by molar-refractivity contribution is 4.83. The zero-order valence-corrected chi connectivity index (χ0v) is 5.22. The third-order valence-corrected chi connectivity index (χ3v) is 1.61. The van der Waals surface area contributed by atoms with Gasteiger partial charge in [-0.3, -0.25) is 0 Å². The van der Waals surface area contributed by atoms with Gasteiger partial charge in [-0.1, -0.05) is 6.92 Å². The number of hydrogen-bond acceptors (Lipinski definition) is 2. The molecule has 1 saturated carbocycles. The van der Waals surface area contributed by atoms with E-state index in [-0.39, 0.29) is 6.10 Å². The number of nitrogens with one attached hydrogen (secondary N) is 1. The maximum absolute atomic E-state index is 8.80. The molecule has 0 atom stereocenters. The molecule has 1 aliphatic carbocycles. The molecule has 48 valence electrons. The standard InChI is InChI=1S/C6H13NO/c1-2-7-5-3-6(8)4-5/h5-8H,2-4H2,1H3. The Morgan fingerprint density at radius 1 is 1.62 bits per heavy atom. The van der Waals surface area contributed by atoms with Crippen LogP contribution in [0.3, 0.4) is 0 Å². The summed E-state index contributed by atoms with van der Waals surface area (Å²) < 4.78 is 0. The molecule has 1 fully saturated rings. The Labute approximate surface area is 49.9 Å². The van der Waals surface area contributed by atoms with Crippen molar-refractivity contribution >= 4 is 0 Å². The second-order valence-electron chi connectivity index (χ2n) is 2.38. The average Bonchev–Trinajstić information content (AvgIpc) is 1.64.